The van der Waals surface area contributed by atoms with E-state index in [0.717, 1.165) is 11.1 Å². The average molecular weight is 633 g/mol. The van der Waals surface area contributed by atoms with Crippen molar-refractivity contribution in [3.8, 4) is 17.2 Å². The molecule has 0 radical (unpaired) electrons. The molecule has 9 heteroatoms. The van der Waals surface area contributed by atoms with Gasteiger partial charge in [-0.2, -0.15) is 0 Å². The van der Waals surface area contributed by atoms with Crippen LogP contribution in [0.2, 0.25) is 0 Å². The summed E-state index contributed by atoms with van der Waals surface area (Å²) < 4.78 is 24.8. The first-order chi connectivity index (χ1) is 22.5. The van der Waals surface area contributed by atoms with Crippen molar-refractivity contribution in [2.24, 2.45) is 4.99 Å². The Morgan fingerprint density at radius 3 is 2.28 bits per heavy atom. The molecule has 5 aromatic rings. The Balaban J connectivity index is 1.56. The lowest BCUT2D eigenvalue weighted by Crippen LogP contribution is -2.40. The monoisotopic (exact) mass is 632 g/mol. The number of ether oxygens (including phenoxy) is 4. The van der Waals surface area contributed by atoms with Gasteiger partial charge in [-0.3, -0.25) is 9.36 Å². The van der Waals surface area contributed by atoms with Crippen LogP contribution in [-0.2, 0) is 16.1 Å². The lowest BCUT2D eigenvalue weighted by molar-refractivity contribution is -0.138. The first-order valence-corrected chi connectivity index (χ1v) is 15.6. The number of carbonyl (C=O) groups excluding carboxylic acids is 1. The third-order valence-corrected chi connectivity index (χ3v) is 8.53. The zero-order chi connectivity index (χ0) is 32.0. The molecule has 8 nitrogen and oxygen atoms in total. The second kappa shape index (κ2) is 13.7. The van der Waals surface area contributed by atoms with Crippen LogP contribution in [0, 0.1) is 0 Å². The number of fused-ring (bicyclic) bond motifs is 1. The number of thiazole rings is 1. The Hall–Kier alpha value is -5.41. The fourth-order valence-corrected chi connectivity index (χ4v) is 6.37. The number of hydrogen-bond donors (Lipinski definition) is 0. The summed E-state index contributed by atoms with van der Waals surface area (Å²) in [6.07, 6.45) is 1.79. The predicted molar refractivity (Wildman–Crippen MR) is 178 cm³/mol. The molecule has 6 rings (SSSR count). The molecular weight excluding hydrogens is 600 g/mol. The third-order valence-electron chi connectivity index (χ3n) is 7.55. The highest BCUT2D eigenvalue weighted by atomic mass is 32.1. The van der Waals surface area contributed by atoms with E-state index in [1.807, 2.05) is 103 Å². The van der Waals surface area contributed by atoms with Crippen molar-refractivity contribution in [2.75, 3.05) is 20.8 Å². The van der Waals surface area contributed by atoms with Crippen molar-refractivity contribution in [3.05, 3.63) is 151 Å². The van der Waals surface area contributed by atoms with Crippen molar-refractivity contribution in [2.45, 2.75) is 19.6 Å². The number of para-hydroxylation sites is 1. The van der Waals surface area contributed by atoms with E-state index in [4.69, 9.17) is 23.9 Å². The van der Waals surface area contributed by atoms with Crippen LogP contribution < -0.4 is 29.1 Å². The molecule has 2 heterocycles. The van der Waals surface area contributed by atoms with Crippen molar-refractivity contribution in [3.63, 3.8) is 0 Å². The number of hydrogen-bond acceptors (Lipinski definition) is 8. The van der Waals surface area contributed by atoms with Crippen LogP contribution in [0.25, 0.3) is 11.8 Å². The third kappa shape index (κ3) is 6.09. The van der Waals surface area contributed by atoms with Crippen LogP contribution >= 0.6 is 11.3 Å². The molecule has 1 aliphatic heterocycles. The smallest absolute Gasteiger partial charge is 0.338 e. The maximum atomic E-state index is 14.3. The molecule has 0 fully saturated rings. The topological polar surface area (TPSA) is 88.4 Å². The van der Waals surface area contributed by atoms with Gasteiger partial charge in [-0.1, -0.05) is 96.3 Å². The number of rotatable bonds is 10. The number of esters is 1. The second-order valence-corrected chi connectivity index (χ2v) is 11.4. The van der Waals surface area contributed by atoms with Gasteiger partial charge in [0, 0.05) is 11.1 Å². The molecule has 232 valence electrons. The van der Waals surface area contributed by atoms with Gasteiger partial charge in [-0.05, 0) is 42.3 Å². The molecule has 46 heavy (non-hydrogen) atoms. The van der Waals surface area contributed by atoms with E-state index in [2.05, 4.69) is 0 Å². The standard InChI is InChI=1S/C37H32N2O6S/c1-4-44-36(41)31-32(25-14-9-6-10-15-25)38-37-39(33(31)26-18-20-28(42-2)21-19-26)35(40)30(46-37)22-27-16-11-17-29(43-3)34(27)45-23-24-12-7-5-8-13-24/h5-22,33H,4,23H2,1-3H3/b30-22-/t33-/m0/s1. The molecule has 0 amide bonds. The SMILES string of the molecule is CCOC(=O)C1=C(c2ccccc2)N=c2s/c(=C\c3cccc(OC)c3OCc3ccccc3)c(=O)n2[C@H]1c1ccc(OC)cc1. The molecule has 1 aliphatic rings. The first kappa shape index (κ1) is 30.6. The second-order valence-electron chi connectivity index (χ2n) is 10.4. The molecule has 0 unspecified atom stereocenters. The van der Waals surface area contributed by atoms with Crippen LogP contribution in [0.1, 0.15) is 35.2 Å². The van der Waals surface area contributed by atoms with E-state index in [-0.39, 0.29) is 17.7 Å². The highest BCUT2D eigenvalue weighted by Gasteiger charge is 2.35. The summed E-state index contributed by atoms with van der Waals surface area (Å²) >= 11 is 1.25. The lowest BCUT2D eigenvalue weighted by atomic mass is 9.93. The fourth-order valence-electron chi connectivity index (χ4n) is 5.37. The maximum absolute atomic E-state index is 14.3. The number of carbonyl (C=O) groups is 1. The van der Waals surface area contributed by atoms with Gasteiger partial charge in [0.15, 0.2) is 16.3 Å². The first-order valence-electron chi connectivity index (χ1n) is 14.8. The van der Waals surface area contributed by atoms with Gasteiger partial charge in [-0.15, -0.1) is 0 Å². The Kier molecular flexibility index (Phi) is 9.12. The fraction of sp³-hybridized carbons (Fsp3) is 0.162. The molecule has 4 aromatic carbocycles. The molecule has 1 aromatic heterocycles. The molecule has 0 saturated carbocycles. The van der Waals surface area contributed by atoms with Crippen LogP contribution in [-0.4, -0.2) is 31.4 Å². The Morgan fingerprint density at radius 2 is 1.61 bits per heavy atom. The molecule has 0 N–H and O–H groups in total. The van der Waals surface area contributed by atoms with Crippen molar-refractivity contribution in [1.82, 2.24) is 4.57 Å². The molecule has 0 aliphatic carbocycles. The number of nitrogens with zero attached hydrogens (tertiary/aromatic N) is 2. The molecule has 0 spiro atoms. The number of aromatic nitrogens is 1. The molecule has 0 saturated heterocycles. The van der Waals surface area contributed by atoms with Crippen LogP contribution in [0.4, 0.5) is 0 Å². The van der Waals surface area contributed by atoms with Crippen LogP contribution in [0.3, 0.4) is 0 Å². The van der Waals surface area contributed by atoms with Crippen LogP contribution in [0.15, 0.2) is 118 Å². The van der Waals surface area contributed by atoms with E-state index < -0.39 is 12.0 Å². The Morgan fingerprint density at radius 1 is 0.891 bits per heavy atom. The molecule has 0 bridgehead atoms. The Labute approximate surface area is 270 Å². The highest BCUT2D eigenvalue weighted by Crippen LogP contribution is 2.36. The number of methoxy groups -OCH3 is 2. The summed E-state index contributed by atoms with van der Waals surface area (Å²) in [6.45, 7) is 2.25. The van der Waals surface area contributed by atoms with Gasteiger partial charge in [0.1, 0.15) is 12.4 Å². The normalized spacial score (nSPS) is 14.3. The maximum Gasteiger partial charge on any atom is 0.338 e. The van der Waals surface area contributed by atoms with E-state index >= 15 is 0 Å². The largest absolute Gasteiger partial charge is 0.497 e. The van der Waals surface area contributed by atoms with Crippen molar-refractivity contribution >= 4 is 29.1 Å². The van der Waals surface area contributed by atoms with Crippen LogP contribution in [0.5, 0.6) is 17.2 Å². The summed E-state index contributed by atoms with van der Waals surface area (Å²) in [5.41, 5.74) is 3.58. The van der Waals surface area contributed by atoms with E-state index in [0.29, 0.717) is 50.0 Å². The van der Waals surface area contributed by atoms with Gasteiger partial charge in [0.2, 0.25) is 0 Å². The summed E-state index contributed by atoms with van der Waals surface area (Å²) in [4.78, 5) is 33.4. The van der Waals surface area contributed by atoms with Crippen molar-refractivity contribution in [1.29, 1.82) is 0 Å². The summed E-state index contributed by atoms with van der Waals surface area (Å²) in [5, 5.41) is 0. The average Bonchev–Trinajstić information content (AvgIpc) is 3.41. The predicted octanol–water partition coefficient (Wildman–Crippen LogP) is 5.53. The zero-order valence-electron chi connectivity index (χ0n) is 25.6. The highest BCUT2D eigenvalue weighted by molar-refractivity contribution is 7.07. The van der Waals surface area contributed by atoms with E-state index in [1.54, 1.807) is 31.8 Å². The van der Waals surface area contributed by atoms with Crippen molar-refractivity contribution < 1.29 is 23.7 Å². The number of benzene rings is 4. The van der Waals surface area contributed by atoms with Gasteiger partial charge < -0.3 is 18.9 Å². The minimum absolute atomic E-state index is 0.172. The van der Waals surface area contributed by atoms with E-state index in [9.17, 15) is 9.59 Å². The minimum atomic E-state index is -0.794. The summed E-state index contributed by atoms with van der Waals surface area (Å²) in [6, 6.07) is 31.4. The van der Waals surface area contributed by atoms with E-state index in [1.165, 1.54) is 11.3 Å². The zero-order valence-corrected chi connectivity index (χ0v) is 26.5. The quantitative estimate of drug-likeness (QED) is 0.188. The molecular formula is C37H32N2O6S. The van der Waals surface area contributed by atoms with Gasteiger partial charge >= 0.3 is 5.97 Å². The summed E-state index contributed by atoms with van der Waals surface area (Å²) in [5.74, 6) is 1.18. The van der Waals surface area contributed by atoms with Gasteiger partial charge in [0.25, 0.3) is 5.56 Å². The summed E-state index contributed by atoms with van der Waals surface area (Å²) in [7, 11) is 3.17. The van der Waals surface area contributed by atoms with Gasteiger partial charge in [0.05, 0.1) is 42.7 Å². The lowest BCUT2D eigenvalue weighted by Gasteiger charge is -2.26. The molecule has 1 atom stereocenters. The minimum Gasteiger partial charge on any atom is -0.497 e. The van der Waals surface area contributed by atoms with Gasteiger partial charge in [-0.25, -0.2) is 9.79 Å². The Bertz CT molecular complexity index is 2070.